The first kappa shape index (κ1) is 12.7. The van der Waals surface area contributed by atoms with Gasteiger partial charge in [-0.25, -0.2) is 0 Å². The smallest absolute Gasteiger partial charge is 0.273 e. The molecule has 1 aromatic carbocycles. The van der Waals surface area contributed by atoms with Gasteiger partial charge in [-0.15, -0.1) is 5.10 Å². The predicted molar refractivity (Wildman–Crippen MR) is 68.4 cm³/mol. The number of aliphatic hydroxyl groups excluding tert-OH is 1. The average molecular weight is 263 g/mol. The maximum Gasteiger partial charge on any atom is 0.273 e. The highest BCUT2D eigenvalue weighted by molar-refractivity contribution is 7.03. The number of hydrogen-bond donors (Lipinski definition) is 2. The lowest BCUT2D eigenvalue weighted by atomic mass is 10.1. The first-order chi connectivity index (χ1) is 8.79. The molecular weight excluding hydrogens is 250 g/mol. The van der Waals surface area contributed by atoms with Crippen molar-refractivity contribution in [1.82, 2.24) is 14.9 Å². The van der Waals surface area contributed by atoms with E-state index in [4.69, 9.17) is 0 Å². The summed E-state index contributed by atoms with van der Waals surface area (Å²) in [7, 11) is 0. The van der Waals surface area contributed by atoms with Crippen LogP contribution in [0, 0.1) is 0 Å². The molecule has 0 bridgehead atoms. The van der Waals surface area contributed by atoms with E-state index in [2.05, 4.69) is 14.9 Å². The van der Waals surface area contributed by atoms with E-state index in [1.54, 1.807) is 5.38 Å². The lowest BCUT2D eigenvalue weighted by Crippen LogP contribution is -2.39. The fourth-order valence-corrected chi connectivity index (χ4v) is 2.02. The van der Waals surface area contributed by atoms with Crippen LogP contribution in [-0.2, 0) is 6.42 Å². The van der Waals surface area contributed by atoms with Gasteiger partial charge in [0.25, 0.3) is 5.91 Å². The van der Waals surface area contributed by atoms with E-state index in [1.807, 2.05) is 30.3 Å². The van der Waals surface area contributed by atoms with Gasteiger partial charge in [-0.05, 0) is 23.5 Å². The topological polar surface area (TPSA) is 75.1 Å². The third-order valence-electron chi connectivity index (χ3n) is 2.47. The zero-order valence-electron chi connectivity index (χ0n) is 9.61. The molecule has 2 aromatic rings. The quantitative estimate of drug-likeness (QED) is 0.839. The minimum atomic E-state index is -0.318. The van der Waals surface area contributed by atoms with Gasteiger partial charge in [-0.3, -0.25) is 4.79 Å². The lowest BCUT2D eigenvalue weighted by molar-refractivity contribution is 0.0911. The van der Waals surface area contributed by atoms with Crippen molar-refractivity contribution in [3.05, 3.63) is 47.0 Å². The SMILES string of the molecule is O=C(N[C@H](CO)Cc1ccccc1)c1csnn1. The van der Waals surface area contributed by atoms with Crippen molar-refractivity contribution in [1.29, 1.82) is 0 Å². The van der Waals surface area contributed by atoms with Gasteiger partial charge < -0.3 is 10.4 Å². The molecule has 2 rings (SSSR count). The molecule has 0 saturated carbocycles. The Morgan fingerprint density at radius 3 is 2.78 bits per heavy atom. The normalized spacial score (nSPS) is 12.1. The van der Waals surface area contributed by atoms with Gasteiger partial charge in [0.15, 0.2) is 5.69 Å². The second-order valence-electron chi connectivity index (χ2n) is 3.83. The maximum absolute atomic E-state index is 11.7. The highest BCUT2D eigenvalue weighted by atomic mass is 32.1. The summed E-state index contributed by atoms with van der Waals surface area (Å²) in [6, 6.07) is 9.38. The molecule has 2 N–H and O–H groups in total. The molecule has 0 aliphatic rings. The van der Waals surface area contributed by atoms with Gasteiger partial charge in [0.2, 0.25) is 0 Å². The Morgan fingerprint density at radius 2 is 2.17 bits per heavy atom. The lowest BCUT2D eigenvalue weighted by Gasteiger charge is -2.15. The fourth-order valence-electron chi connectivity index (χ4n) is 1.58. The summed E-state index contributed by atoms with van der Waals surface area (Å²) in [5, 5.41) is 17.3. The van der Waals surface area contributed by atoms with E-state index in [9.17, 15) is 9.90 Å². The summed E-state index contributed by atoms with van der Waals surface area (Å²) in [6.45, 7) is -0.113. The zero-order valence-corrected chi connectivity index (χ0v) is 10.4. The number of nitrogens with one attached hydrogen (secondary N) is 1. The third-order valence-corrected chi connectivity index (χ3v) is 2.98. The standard InChI is InChI=1S/C12H13N3O2S/c16-7-10(6-9-4-2-1-3-5-9)13-12(17)11-8-18-15-14-11/h1-5,8,10,16H,6-7H2,(H,13,17)/t10-/m0/s1. The molecule has 1 atom stereocenters. The molecular formula is C12H13N3O2S. The number of carbonyl (C=O) groups excluding carboxylic acids is 1. The minimum Gasteiger partial charge on any atom is -0.394 e. The van der Waals surface area contributed by atoms with Crippen molar-refractivity contribution in [2.45, 2.75) is 12.5 Å². The first-order valence-corrected chi connectivity index (χ1v) is 6.36. The Hall–Kier alpha value is -1.79. The molecule has 0 aliphatic heterocycles. The van der Waals surface area contributed by atoms with Gasteiger partial charge in [0.1, 0.15) is 0 Å². The fraction of sp³-hybridized carbons (Fsp3) is 0.250. The van der Waals surface area contributed by atoms with Crippen LogP contribution in [0.15, 0.2) is 35.7 Å². The summed E-state index contributed by atoms with van der Waals surface area (Å²) in [5.74, 6) is -0.307. The Morgan fingerprint density at radius 1 is 1.39 bits per heavy atom. The third kappa shape index (κ3) is 3.35. The monoisotopic (exact) mass is 263 g/mol. The van der Waals surface area contributed by atoms with Crippen LogP contribution in [0.25, 0.3) is 0 Å². The number of aromatic nitrogens is 2. The zero-order chi connectivity index (χ0) is 12.8. The molecule has 0 spiro atoms. The van der Waals surface area contributed by atoms with Crippen LogP contribution in [-0.4, -0.2) is 33.2 Å². The summed E-state index contributed by atoms with van der Waals surface area (Å²) < 4.78 is 3.63. The van der Waals surface area contributed by atoms with E-state index < -0.39 is 0 Å². The van der Waals surface area contributed by atoms with Gasteiger partial charge in [-0.2, -0.15) is 0 Å². The van der Waals surface area contributed by atoms with Crippen molar-refractivity contribution >= 4 is 17.4 Å². The van der Waals surface area contributed by atoms with Crippen molar-refractivity contribution in [3.63, 3.8) is 0 Å². The maximum atomic E-state index is 11.7. The van der Waals surface area contributed by atoms with Crippen LogP contribution in [0.2, 0.25) is 0 Å². The number of amides is 1. The molecule has 6 heteroatoms. The number of aliphatic hydroxyl groups is 1. The number of benzene rings is 1. The largest absolute Gasteiger partial charge is 0.394 e. The number of nitrogens with zero attached hydrogens (tertiary/aromatic N) is 2. The van der Waals surface area contributed by atoms with Gasteiger partial charge in [0.05, 0.1) is 12.6 Å². The molecule has 94 valence electrons. The summed E-state index contributed by atoms with van der Waals surface area (Å²) >= 11 is 1.12. The molecule has 0 fully saturated rings. The molecule has 0 saturated heterocycles. The average Bonchev–Trinajstić information content (AvgIpc) is 2.93. The molecule has 18 heavy (non-hydrogen) atoms. The molecule has 0 aliphatic carbocycles. The summed E-state index contributed by atoms with van der Waals surface area (Å²) in [4.78, 5) is 11.7. The highest BCUT2D eigenvalue weighted by Gasteiger charge is 2.15. The second kappa shape index (κ2) is 6.23. The van der Waals surface area contributed by atoms with Gasteiger partial charge in [-0.1, -0.05) is 34.8 Å². The highest BCUT2D eigenvalue weighted by Crippen LogP contribution is 2.04. The second-order valence-corrected chi connectivity index (χ2v) is 4.44. The summed E-state index contributed by atoms with van der Waals surface area (Å²) in [6.07, 6.45) is 0.584. The Kier molecular flexibility index (Phi) is 4.38. The Balaban J connectivity index is 1.96. The number of rotatable bonds is 5. The molecule has 1 heterocycles. The Labute approximate surface area is 109 Å². The molecule has 1 amide bonds. The van der Waals surface area contributed by atoms with E-state index in [-0.39, 0.29) is 24.2 Å². The van der Waals surface area contributed by atoms with Crippen LogP contribution >= 0.6 is 11.5 Å². The van der Waals surface area contributed by atoms with Crippen LogP contribution < -0.4 is 5.32 Å². The van der Waals surface area contributed by atoms with Crippen LogP contribution in [0.1, 0.15) is 16.1 Å². The van der Waals surface area contributed by atoms with Gasteiger partial charge >= 0.3 is 0 Å². The summed E-state index contributed by atoms with van der Waals surface area (Å²) in [5.41, 5.74) is 1.35. The van der Waals surface area contributed by atoms with Crippen molar-refractivity contribution < 1.29 is 9.90 Å². The van der Waals surface area contributed by atoms with E-state index in [1.165, 1.54) is 0 Å². The van der Waals surface area contributed by atoms with Crippen LogP contribution in [0.4, 0.5) is 0 Å². The van der Waals surface area contributed by atoms with Crippen molar-refractivity contribution in [3.8, 4) is 0 Å². The Bertz CT molecular complexity index is 487. The van der Waals surface area contributed by atoms with Crippen molar-refractivity contribution in [2.75, 3.05) is 6.61 Å². The first-order valence-electron chi connectivity index (χ1n) is 5.52. The van der Waals surface area contributed by atoms with Crippen molar-refractivity contribution in [2.24, 2.45) is 0 Å². The number of carbonyl (C=O) groups is 1. The minimum absolute atomic E-state index is 0.113. The van der Waals surface area contributed by atoms with E-state index >= 15 is 0 Å². The van der Waals surface area contributed by atoms with E-state index in [0.717, 1.165) is 17.1 Å². The predicted octanol–water partition coefficient (Wildman–Crippen LogP) is 0.871. The molecule has 1 aromatic heterocycles. The van der Waals surface area contributed by atoms with Crippen LogP contribution in [0.5, 0.6) is 0 Å². The molecule has 0 unspecified atom stereocenters. The molecule has 0 radical (unpaired) electrons. The van der Waals surface area contributed by atoms with Gasteiger partial charge in [0, 0.05) is 5.38 Å². The van der Waals surface area contributed by atoms with E-state index in [0.29, 0.717) is 6.42 Å². The van der Waals surface area contributed by atoms with Crippen LogP contribution in [0.3, 0.4) is 0 Å². The number of hydrogen-bond acceptors (Lipinski definition) is 5. The molecule has 5 nitrogen and oxygen atoms in total.